The van der Waals surface area contributed by atoms with Crippen molar-refractivity contribution in [1.82, 2.24) is 15.1 Å². The first-order valence-corrected chi connectivity index (χ1v) is 7.95. The molecule has 0 saturated carbocycles. The zero-order valence-corrected chi connectivity index (χ0v) is 12.7. The number of hydrogen-bond donors (Lipinski definition) is 0. The first kappa shape index (κ1) is 13.9. The van der Waals surface area contributed by atoms with Gasteiger partial charge in [0.2, 0.25) is 5.82 Å². The van der Waals surface area contributed by atoms with Crippen molar-refractivity contribution >= 4 is 28.6 Å². The number of rotatable bonds is 5. The van der Waals surface area contributed by atoms with Crippen LogP contribution in [0.5, 0.6) is 0 Å². The number of thiophene rings is 1. The number of carbonyl (C=O) groups excluding carboxylic acids is 1. The van der Waals surface area contributed by atoms with E-state index in [9.17, 15) is 4.79 Å². The summed E-state index contributed by atoms with van der Waals surface area (Å²) in [6.45, 7) is 1.86. The molecule has 0 spiro atoms. The second-order valence-corrected chi connectivity index (χ2v) is 6.06. The predicted molar refractivity (Wildman–Crippen MR) is 78.0 cm³/mol. The predicted octanol–water partition coefficient (Wildman–Crippen LogP) is 2.85. The van der Waals surface area contributed by atoms with Crippen molar-refractivity contribution in [2.24, 2.45) is 0 Å². The van der Waals surface area contributed by atoms with E-state index in [-0.39, 0.29) is 24.9 Å². The minimum atomic E-state index is -0.365. The van der Waals surface area contributed by atoms with E-state index in [0.717, 1.165) is 10.6 Å². The van der Waals surface area contributed by atoms with Gasteiger partial charge in [0.25, 0.3) is 5.89 Å². The third-order valence-electron chi connectivity index (χ3n) is 2.60. The van der Waals surface area contributed by atoms with Crippen molar-refractivity contribution in [2.45, 2.75) is 20.0 Å². The summed E-state index contributed by atoms with van der Waals surface area (Å²) in [5.74, 6) is 0.409. The quantitative estimate of drug-likeness (QED) is 0.672. The van der Waals surface area contributed by atoms with Crippen molar-refractivity contribution in [3.63, 3.8) is 0 Å². The monoisotopic (exact) mass is 321 g/mol. The van der Waals surface area contributed by atoms with Crippen LogP contribution >= 0.6 is 22.7 Å². The van der Waals surface area contributed by atoms with Crippen LogP contribution in [-0.4, -0.2) is 21.1 Å². The van der Waals surface area contributed by atoms with Crippen molar-refractivity contribution in [3.05, 3.63) is 38.8 Å². The largest absolute Gasteiger partial charge is 0.455 e. The number of esters is 1. The highest BCUT2D eigenvalue weighted by Crippen LogP contribution is 2.18. The highest BCUT2D eigenvalue weighted by molar-refractivity contribution is 7.09. The van der Waals surface area contributed by atoms with Crippen LogP contribution in [0.15, 0.2) is 26.7 Å². The summed E-state index contributed by atoms with van der Waals surface area (Å²) in [5.41, 5.74) is 1.60. The normalized spacial score (nSPS) is 10.7. The summed E-state index contributed by atoms with van der Waals surface area (Å²) in [5, 5.41) is 10.5. The van der Waals surface area contributed by atoms with E-state index in [4.69, 9.17) is 9.26 Å². The molecule has 0 bridgehead atoms. The maximum Gasteiger partial charge on any atom is 0.312 e. The fourth-order valence-corrected chi connectivity index (χ4v) is 2.90. The number of hydrogen-bond acceptors (Lipinski definition) is 8. The van der Waals surface area contributed by atoms with E-state index < -0.39 is 0 Å². The second kappa shape index (κ2) is 6.15. The van der Waals surface area contributed by atoms with Crippen LogP contribution in [-0.2, 0) is 22.6 Å². The van der Waals surface area contributed by atoms with Crippen LogP contribution in [0.4, 0.5) is 0 Å². The maximum absolute atomic E-state index is 11.7. The number of carbonyl (C=O) groups is 1. The fraction of sp³-hybridized carbons (Fsp3) is 0.231. The molecule has 0 fully saturated rings. The Morgan fingerprint density at radius 3 is 3.00 bits per heavy atom. The van der Waals surface area contributed by atoms with Gasteiger partial charge in [-0.05, 0) is 18.4 Å². The average Bonchev–Trinajstić information content (AvgIpc) is 3.17. The van der Waals surface area contributed by atoms with Crippen LogP contribution in [0.1, 0.15) is 16.6 Å². The summed E-state index contributed by atoms with van der Waals surface area (Å²) in [7, 11) is 0. The molecule has 3 rings (SSSR count). The molecule has 0 N–H and O–H groups in total. The standard InChI is InChI=1S/C13H11N3O3S2/c1-8-14-10(7-21-8)4-12(17)18-5-11-15-13(16-19-11)9-2-3-20-6-9/h2-3,6-7H,4-5H2,1H3. The molecular formula is C13H11N3O3S2. The third kappa shape index (κ3) is 3.53. The van der Waals surface area contributed by atoms with E-state index in [1.54, 1.807) is 11.3 Å². The smallest absolute Gasteiger partial charge is 0.312 e. The van der Waals surface area contributed by atoms with Crippen molar-refractivity contribution in [2.75, 3.05) is 0 Å². The van der Waals surface area contributed by atoms with Crippen molar-refractivity contribution in [3.8, 4) is 11.4 Å². The maximum atomic E-state index is 11.7. The van der Waals surface area contributed by atoms with Gasteiger partial charge in [-0.1, -0.05) is 5.16 Å². The molecule has 0 aromatic carbocycles. The van der Waals surface area contributed by atoms with Gasteiger partial charge < -0.3 is 9.26 Å². The molecule has 21 heavy (non-hydrogen) atoms. The molecule has 0 aliphatic rings. The highest BCUT2D eigenvalue weighted by atomic mass is 32.1. The zero-order valence-electron chi connectivity index (χ0n) is 11.1. The van der Waals surface area contributed by atoms with Gasteiger partial charge in [0.1, 0.15) is 0 Å². The molecule has 0 aliphatic carbocycles. The number of aryl methyl sites for hydroxylation is 1. The molecule has 6 nitrogen and oxygen atoms in total. The Bertz CT molecular complexity index is 734. The van der Waals surface area contributed by atoms with E-state index >= 15 is 0 Å². The lowest BCUT2D eigenvalue weighted by Gasteiger charge is -1.99. The summed E-state index contributed by atoms with van der Waals surface area (Å²) >= 11 is 3.06. The summed E-state index contributed by atoms with van der Waals surface area (Å²) in [6, 6.07) is 1.90. The lowest BCUT2D eigenvalue weighted by molar-refractivity contribution is -0.144. The number of ether oxygens (including phenoxy) is 1. The number of aromatic nitrogens is 3. The van der Waals surface area contributed by atoms with Gasteiger partial charge in [0.15, 0.2) is 6.61 Å². The topological polar surface area (TPSA) is 78.1 Å². The Morgan fingerprint density at radius 1 is 1.38 bits per heavy atom. The lowest BCUT2D eigenvalue weighted by atomic mass is 10.3. The second-order valence-electron chi connectivity index (χ2n) is 4.22. The first-order valence-electron chi connectivity index (χ1n) is 6.12. The van der Waals surface area contributed by atoms with Gasteiger partial charge in [-0.25, -0.2) is 4.98 Å². The molecule has 0 amide bonds. The average molecular weight is 321 g/mol. The summed E-state index contributed by atoms with van der Waals surface area (Å²) < 4.78 is 10.1. The van der Waals surface area contributed by atoms with E-state index in [1.165, 1.54) is 11.3 Å². The van der Waals surface area contributed by atoms with Gasteiger partial charge in [-0.2, -0.15) is 16.3 Å². The van der Waals surface area contributed by atoms with Gasteiger partial charge in [-0.15, -0.1) is 11.3 Å². The van der Waals surface area contributed by atoms with Crippen LogP contribution in [0.2, 0.25) is 0 Å². The molecule has 3 aromatic rings. The molecule has 8 heteroatoms. The highest BCUT2D eigenvalue weighted by Gasteiger charge is 2.12. The minimum Gasteiger partial charge on any atom is -0.455 e. The molecule has 3 heterocycles. The molecule has 108 valence electrons. The lowest BCUT2D eigenvalue weighted by Crippen LogP contribution is -2.08. The molecular weight excluding hydrogens is 310 g/mol. The van der Waals surface area contributed by atoms with E-state index in [2.05, 4.69) is 15.1 Å². The van der Waals surface area contributed by atoms with Crippen LogP contribution in [0.25, 0.3) is 11.4 Å². The van der Waals surface area contributed by atoms with Crippen LogP contribution < -0.4 is 0 Å². The van der Waals surface area contributed by atoms with Crippen molar-refractivity contribution in [1.29, 1.82) is 0 Å². The molecule has 0 saturated heterocycles. The SMILES string of the molecule is Cc1nc(CC(=O)OCc2nc(-c3ccsc3)no2)cs1. The molecule has 0 radical (unpaired) electrons. The molecule has 3 aromatic heterocycles. The number of thiazole rings is 1. The third-order valence-corrected chi connectivity index (χ3v) is 4.10. The van der Waals surface area contributed by atoms with Gasteiger partial charge in [-0.3, -0.25) is 4.79 Å². The number of nitrogens with zero attached hydrogens (tertiary/aromatic N) is 3. The molecule has 0 aliphatic heterocycles. The van der Waals surface area contributed by atoms with Crippen LogP contribution in [0.3, 0.4) is 0 Å². The summed E-state index contributed by atoms with van der Waals surface area (Å²) in [6.07, 6.45) is 0.149. The Hall–Kier alpha value is -2.06. The Kier molecular flexibility index (Phi) is 4.07. The fourth-order valence-electron chi connectivity index (χ4n) is 1.65. The van der Waals surface area contributed by atoms with Gasteiger partial charge >= 0.3 is 5.97 Å². The van der Waals surface area contributed by atoms with Gasteiger partial charge in [0.05, 0.1) is 17.1 Å². The Balaban J connectivity index is 1.54. The Labute approximate surface area is 128 Å². The molecule has 0 unspecified atom stereocenters. The van der Waals surface area contributed by atoms with E-state index in [0.29, 0.717) is 11.5 Å². The first-order chi connectivity index (χ1) is 10.2. The van der Waals surface area contributed by atoms with E-state index in [1.807, 2.05) is 29.1 Å². The summed E-state index contributed by atoms with van der Waals surface area (Å²) in [4.78, 5) is 20.1. The van der Waals surface area contributed by atoms with Crippen LogP contribution in [0, 0.1) is 6.92 Å². The van der Waals surface area contributed by atoms with Gasteiger partial charge in [0, 0.05) is 16.3 Å². The van der Waals surface area contributed by atoms with Crippen molar-refractivity contribution < 1.29 is 14.1 Å². The zero-order chi connectivity index (χ0) is 14.7. The Morgan fingerprint density at radius 2 is 2.29 bits per heavy atom. The minimum absolute atomic E-state index is 0.0287. The molecule has 0 atom stereocenters.